The summed E-state index contributed by atoms with van der Waals surface area (Å²) in [4.78, 5) is 22.7. The third-order valence-corrected chi connectivity index (χ3v) is 3.69. The fraction of sp³-hybridized carbons (Fsp3) is 0.385. The van der Waals surface area contributed by atoms with Crippen LogP contribution in [-0.2, 0) is 4.79 Å². The van der Waals surface area contributed by atoms with Gasteiger partial charge in [0.1, 0.15) is 0 Å². The van der Waals surface area contributed by atoms with Crippen molar-refractivity contribution in [1.82, 2.24) is 0 Å². The number of carboxylic acids is 1. The van der Waals surface area contributed by atoms with Gasteiger partial charge in [0.15, 0.2) is 0 Å². The lowest BCUT2D eigenvalue weighted by Gasteiger charge is -2.18. The Balaban J connectivity index is 2.83. The van der Waals surface area contributed by atoms with Crippen LogP contribution in [0.25, 0.3) is 0 Å². The van der Waals surface area contributed by atoms with Crippen LogP contribution >= 0.6 is 15.9 Å². The summed E-state index contributed by atoms with van der Waals surface area (Å²) in [7, 11) is 0. The first kappa shape index (κ1) is 15.7. The smallest absolute Gasteiger partial charge is 0.335 e. The lowest BCUT2D eigenvalue weighted by Crippen LogP contribution is -2.40. The second kappa shape index (κ2) is 6.68. The summed E-state index contributed by atoms with van der Waals surface area (Å²) < 4.78 is 0.511. The molecule has 0 spiro atoms. The van der Waals surface area contributed by atoms with Crippen LogP contribution in [0.2, 0.25) is 0 Å². The van der Waals surface area contributed by atoms with Crippen LogP contribution in [0.4, 0.5) is 5.69 Å². The van der Waals surface area contributed by atoms with Crippen LogP contribution in [-0.4, -0.2) is 23.0 Å². The van der Waals surface area contributed by atoms with Gasteiger partial charge < -0.3 is 16.2 Å². The predicted octanol–water partition coefficient (Wildman–Crippen LogP) is 2.46. The molecule has 0 fully saturated rings. The number of carbonyl (C=O) groups excluding carboxylic acids is 1. The average molecular weight is 329 g/mol. The van der Waals surface area contributed by atoms with E-state index in [0.717, 1.165) is 6.42 Å². The zero-order valence-corrected chi connectivity index (χ0v) is 12.4. The number of benzene rings is 1. The molecule has 4 N–H and O–H groups in total. The van der Waals surface area contributed by atoms with Crippen molar-refractivity contribution in [2.75, 3.05) is 5.32 Å². The summed E-state index contributed by atoms with van der Waals surface area (Å²) in [5.41, 5.74) is 6.48. The van der Waals surface area contributed by atoms with Crippen LogP contribution in [0, 0.1) is 5.92 Å². The second-order valence-electron chi connectivity index (χ2n) is 4.40. The number of anilines is 1. The first-order chi connectivity index (χ1) is 8.86. The fourth-order valence-electron chi connectivity index (χ4n) is 1.48. The van der Waals surface area contributed by atoms with E-state index >= 15 is 0 Å². The molecule has 0 heterocycles. The molecule has 2 atom stereocenters. The van der Waals surface area contributed by atoms with E-state index in [-0.39, 0.29) is 17.4 Å². The van der Waals surface area contributed by atoms with Gasteiger partial charge in [-0.1, -0.05) is 20.3 Å². The van der Waals surface area contributed by atoms with Crippen molar-refractivity contribution in [3.63, 3.8) is 0 Å². The number of carboxylic acid groups (broad SMARTS) is 1. The SMILES string of the molecule is CCC(C)[C@H](N)C(=O)Nc1ccc(C(=O)O)cc1Br. The van der Waals surface area contributed by atoms with Gasteiger partial charge in [-0.2, -0.15) is 0 Å². The maximum atomic E-state index is 11.9. The molecule has 0 aliphatic rings. The minimum absolute atomic E-state index is 0.0806. The Kier molecular flexibility index (Phi) is 5.50. The molecule has 19 heavy (non-hydrogen) atoms. The molecule has 1 aromatic rings. The molecule has 0 aliphatic carbocycles. The molecular formula is C13H17BrN2O3. The zero-order valence-electron chi connectivity index (χ0n) is 10.8. The van der Waals surface area contributed by atoms with Gasteiger partial charge in [-0.15, -0.1) is 0 Å². The highest BCUT2D eigenvalue weighted by Gasteiger charge is 2.20. The van der Waals surface area contributed by atoms with Crippen molar-refractivity contribution in [2.24, 2.45) is 11.7 Å². The summed E-state index contributed by atoms with van der Waals surface area (Å²) in [6.45, 7) is 3.88. The molecule has 5 nitrogen and oxygen atoms in total. The highest BCUT2D eigenvalue weighted by molar-refractivity contribution is 9.10. The number of amides is 1. The molecule has 1 aromatic carbocycles. The van der Waals surface area contributed by atoms with E-state index in [1.54, 1.807) is 0 Å². The maximum Gasteiger partial charge on any atom is 0.335 e. The van der Waals surface area contributed by atoms with Gasteiger partial charge >= 0.3 is 5.97 Å². The third-order valence-electron chi connectivity index (χ3n) is 3.03. The molecule has 0 aromatic heterocycles. The first-order valence-corrected chi connectivity index (χ1v) is 6.75. The molecule has 6 heteroatoms. The van der Waals surface area contributed by atoms with Crippen LogP contribution in [0.5, 0.6) is 0 Å². The number of carbonyl (C=O) groups is 2. The van der Waals surface area contributed by atoms with Gasteiger partial charge in [0, 0.05) is 4.47 Å². The highest BCUT2D eigenvalue weighted by Crippen LogP contribution is 2.24. The Hall–Kier alpha value is -1.40. The molecule has 0 aliphatic heterocycles. The molecule has 1 unspecified atom stereocenters. The van der Waals surface area contributed by atoms with Crippen molar-refractivity contribution in [1.29, 1.82) is 0 Å². The minimum Gasteiger partial charge on any atom is -0.478 e. The number of rotatable bonds is 5. The molecule has 0 saturated carbocycles. The van der Waals surface area contributed by atoms with Crippen LogP contribution in [0.3, 0.4) is 0 Å². The summed E-state index contributed by atoms with van der Waals surface area (Å²) in [6, 6.07) is 3.81. The van der Waals surface area contributed by atoms with Crippen molar-refractivity contribution >= 4 is 33.5 Å². The normalized spacial score (nSPS) is 13.7. The molecular weight excluding hydrogens is 312 g/mol. The number of nitrogens with one attached hydrogen (secondary N) is 1. The van der Waals surface area contributed by atoms with Crippen molar-refractivity contribution in [3.05, 3.63) is 28.2 Å². The van der Waals surface area contributed by atoms with Gasteiger partial charge in [0.2, 0.25) is 5.91 Å². The zero-order chi connectivity index (χ0) is 14.6. The Morgan fingerprint density at radius 1 is 1.47 bits per heavy atom. The Bertz CT molecular complexity index is 491. The molecule has 1 rings (SSSR count). The number of halogens is 1. The van der Waals surface area contributed by atoms with E-state index in [0.29, 0.717) is 10.2 Å². The fourth-order valence-corrected chi connectivity index (χ4v) is 1.96. The second-order valence-corrected chi connectivity index (χ2v) is 5.25. The van der Waals surface area contributed by atoms with Crippen molar-refractivity contribution in [3.8, 4) is 0 Å². The van der Waals surface area contributed by atoms with Gasteiger partial charge in [-0.25, -0.2) is 4.79 Å². The third kappa shape index (κ3) is 4.04. The van der Waals surface area contributed by atoms with E-state index in [4.69, 9.17) is 10.8 Å². The average Bonchev–Trinajstić information content (AvgIpc) is 2.38. The van der Waals surface area contributed by atoms with E-state index in [1.165, 1.54) is 18.2 Å². The monoisotopic (exact) mass is 328 g/mol. The standard InChI is InChI=1S/C13H17BrN2O3/c1-3-7(2)11(15)12(17)16-10-5-4-8(13(18)19)6-9(10)14/h4-7,11H,3,15H2,1-2H3,(H,16,17)(H,18,19)/t7?,11-/m0/s1. The quantitative estimate of drug-likeness (QED) is 0.774. The van der Waals surface area contributed by atoms with Gasteiger partial charge in [0.05, 0.1) is 17.3 Å². The van der Waals surface area contributed by atoms with Crippen LogP contribution in [0.15, 0.2) is 22.7 Å². The topological polar surface area (TPSA) is 92.4 Å². The first-order valence-electron chi connectivity index (χ1n) is 5.96. The molecule has 0 radical (unpaired) electrons. The maximum absolute atomic E-state index is 11.9. The van der Waals surface area contributed by atoms with Crippen molar-refractivity contribution in [2.45, 2.75) is 26.3 Å². The number of aromatic carboxylic acids is 1. The number of hydrogen-bond acceptors (Lipinski definition) is 3. The van der Waals surface area contributed by atoms with Crippen LogP contribution < -0.4 is 11.1 Å². The Morgan fingerprint density at radius 2 is 2.11 bits per heavy atom. The molecule has 0 saturated heterocycles. The highest BCUT2D eigenvalue weighted by atomic mass is 79.9. The predicted molar refractivity (Wildman–Crippen MR) is 77.2 cm³/mol. The van der Waals surface area contributed by atoms with Crippen molar-refractivity contribution < 1.29 is 14.7 Å². The van der Waals surface area contributed by atoms with Gasteiger partial charge in [0.25, 0.3) is 0 Å². The van der Waals surface area contributed by atoms with E-state index in [9.17, 15) is 9.59 Å². The van der Waals surface area contributed by atoms with E-state index in [2.05, 4.69) is 21.2 Å². The minimum atomic E-state index is -1.02. The van der Waals surface area contributed by atoms with E-state index in [1.807, 2.05) is 13.8 Å². The summed E-state index contributed by atoms with van der Waals surface area (Å²) in [6.07, 6.45) is 0.813. The Labute approximate surface area is 120 Å². The molecule has 104 valence electrons. The van der Waals surface area contributed by atoms with Gasteiger partial charge in [-0.3, -0.25) is 4.79 Å². The summed E-state index contributed by atoms with van der Waals surface area (Å²) in [5.74, 6) is -1.22. The largest absolute Gasteiger partial charge is 0.478 e. The lowest BCUT2D eigenvalue weighted by molar-refractivity contribution is -0.118. The summed E-state index contributed by atoms with van der Waals surface area (Å²) >= 11 is 3.23. The van der Waals surface area contributed by atoms with Crippen LogP contribution in [0.1, 0.15) is 30.6 Å². The van der Waals surface area contributed by atoms with E-state index < -0.39 is 12.0 Å². The molecule has 0 bridgehead atoms. The Morgan fingerprint density at radius 3 is 2.58 bits per heavy atom. The van der Waals surface area contributed by atoms with Gasteiger partial charge in [-0.05, 0) is 40.0 Å². The molecule has 1 amide bonds. The summed E-state index contributed by atoms with van der Waals surface area (Å²) in [5, 5.41) is 11.5. The lowest BCUT2D eigenvalue weighted by atomic mass is 9.99. The number of nitrogens with two attached hydrogens (primary N) is 1. The number of hydrogen-bond donors (Lipinski definition) is 3.